The van der Waals surface area contributed by atoms with Crippen LogP contribution in [0.4, 0.5) is 4.79 Å². The Kier molecular flexibility index (Phi) is 8.30. The fourth-order valence-corrected chi connectivity index (χ4v) is 5.37. The Hall–Kier alpha value is -4.17. The number of aromatic nitrogens is 1. The zero-order valence-corrected chi connectivity index (χ0v) is 22.0. The quantitative estimate of drug-likeness (QED) is 0.162. The Balaban J connectivity index is 1.58. The van der Waals surface area contributed by atoms with E-state index in [0.29, 0.717) is 18.4 Å². The van der Waals surface area contributed by atoms with Crippen molar-refractivity contribution in [1.29, 1.82) is 0 Å². The smallest absolute Gasteiger partial charge is 0.405 e. The van der Waals surface area contributed by atoms with E-state index in [-0.39, 0.29) is 18.4 Å². The van der Waals surface area contributed by atoms with Gasteiger partial charge in [-0.1, -0.05) is 18.2 Å². The number of aromatic amines is 1. The Bertz CT molecular complexity index is 1310. The number of aliphatic hydroxyl groups is 2. The van der Waals surface area contributed by atoms with Gasteiger partial charge in [-0.25, -0.2) is 4.79 Å². The Labute approximate surface area is 229 Å². The summed E-state index contributed by atoms with van der Waals surface area (Å²) in [6.45, 7) is 2.56. The minimum Gasteiger partial charge on any atom is -0.465 e. The molecule has 2 aliphatic rings. The van der Waals surface area contributed by atoms with E-state index >= 15 is 0 Å². The summed E-state index contributed by atoms with van der Waals surface area (Å²) in [5, 5.41) is 37.0. The number of hydrogen-bond donors (Lipinski definition) is 8. The number of hydrogen-bond acceptors (Lipinski definition) is 7. The molecule has 14 nitrogen and oxygen atoms in total. The highest BCUT2D eigenvalue weighted by Gasteiger charge is 2.57. The zero-order valence-electron chi connectivity index (χ0n) is 22.0. The molecule has 1 aromatic heterocycles. The third-order valence-corrected chi connectivity index (χ3v) is 7.51. The standard InChI is InChI=1S/C26H34N6O8/c1-11(33)20(22(27)35)30-23(36)17(7-14-10-28-16-6-4-3-5-15(14)16)29-24(37)19-9-13-8-18(13)32(19)25(38)21(12(2)34)31-26(39)40/h3-6,10-13,17-21,28,31,33-34H,7-9H2,1-2H3,(H2,27,35)(H,29,37)(H,30,36)(H,39,40)/t11-,12-,13+,17?,18+,19+,20+,21+/m1/s1. The van der Waals surface area contributed by atoms with E-state index in [1.165, 1.54) is 18.7 Å². The fourth-order valence-electron chi connectivity index (χ4n) is 5.37. The van der Waals surface area contributed by atoms with Gasteiger partial charge in [-0.2, -0.15) is 0 Å². The third kappa shape index (κ3) is 6.02. The second-order valence-corrected chi connectivity index (χ2v) is 10.5. The second-order valence-electron chi connectivity index (χ2n) is 10.5. The molecule has 1 saturated carbocycles. The summed E-state index contributed by atoms with van der Waals surface area (Å²) in [6.07, 6.45) is -1.48. The van der Waals surface area contributed by atoms with Crippen LogP contribution in [0.2, 0.25) is 0 Å². The normalized spacial score (nSPS) is 23.3. The minimum atomic E-state index is -1.50. The number of nitrogens with two attached hydrogens (primary N) is 1. The maximum atomic E-state index is 13.6. The summed E-state index contributed by atoms with van der Waals surface area (Å²) in [4.78, 5) is 67.6. The van der Waals surface area contributed by atoms with Gasteiger partial charge in [-0.05, 0) is 44.2 Å². The van der Waals surface area contributed by atoms with Crippen LogP contribution in [-0.2, 0) is 25.6 Å². The summed E-state index contributed by atoms with van der Waals surface area (Å²) in [7, 11) is 0. The number of benzene rings is 1. The third-order valence-electron chi connectivity index (χ3n) is 7.51. The van der Waals surface area contributed by atoms with Crippen molar-refractivity contribution in [2.24, 2.45) is 11.7 Å². The average Bonchev–Trinajstić information content (AvgIpc) is 3.36. The number of carbonyl (C=O) groups excluding carboxylic acids is 4. The lowest BCUT2D eigenvalue weighted by molar-refractivity contribution is -0.144. The molecule has 1 saturated heterocycles. The molecular weight excluding hydrogens is 524 g/mol. The molecular formula is C26H34N6O8. The first-order valence-corrected chi connectivity index (χ1v) is 13.0. The number of carbonyl (C=O) groups is 5. The van der Waals surface area contributed by atoms with E-state index in [2.05, 4.69) is 15.6 Å². The molecule has 1 aromatic carbocycles. The predicted octanol–water partition coefficient (Wildman–Crippen LogP) is -1.45. The molecule has 9 N–H and O–H groups in total. The van der Waals surface area contributed by atoms with E-state index in [4.69, 9.17) is 10.8 Å². The van der Waals surface area contributed by atoms with Crippen molar-refractivity contribution in [1.82, 2.24) is 25.8 Å². The molecule has 4 rings (SSSR count). The topological polar surface area (TPSA) is 227 Å². The number of aliphatic hydroxyl groups excluding tert-OH is 2. The SMILES string of the molecule is C[C@@H](O)[C@H](NC(=O)C(Cc1c[nH]c2ccccc12)NC(=O)[C@@H]1C[C@@H]2C[C@@H]2N1C(=O)[C@@H](NC(=O)O)[C@@H](C)O)C(N)=O. The number of rotatable bonds is 11. The first-order chi connectivity index (χ1) is 18.9. The summed E-state index contributed by atoms with van der Waals surface area (Å²) in [5.41, 5.74) is 6.85. The monoisotopic (exact) mass is 558 g/mol. The van der Waals surface area contributed by atoms with Gasteiger partial charge in [0.1, 0.15) is 24.2 Å². The zero-order chi connectivity index (χ0) is 29.3. The number of H-pyrrole nitrogens is 1. The molecule has 40 heavy (non-hydrogen) atoms. The van der Waals surface area contributed by atoms with Gasteiger partial charge in [0.25, 0.3) is 0 Å². The number of amides is 5. The van der Waals surface area contributed by atoms with E-state index < -0.39 is 66.1 Å². The molecule has 1 aliphatic heterocycles. The molecule has 0 radical (unpaired) electrons. The van der Waals surface area contributed by atoms with Gasteiger partial charge < -0.3 is 46.9 Å². The molecule has 2 heterocycles. The van der Waals surface area contributed by atoms with Gasteiger partial charge in [-0.3, -0.25) is 19.2 Å². The second kappa shape index (κ2) is 11.5. The number of nitrogens with zero attached hydrogens (tertiary/aromatic N) is 1. The molecule has 1 unspecified atom stereocenters. The molecule has 216 valence electrons. The number of fused-ring (bicyclic) bond motifs is 2. The van der Waals surface area contributed by atoms with Crippen molar-refractivity contribution in [3.05, 3.63) is 36.0 Å². The molecule has 2 fully saturated rings. The number of nitrogens with one attached hydrogen (secondary N) is 4. The average molecular weight is 559 g/mol. The van der Waals surface area contributed by atoms with E-state index in [1.807, 2.05) is 29.6 Å². The number of carboxylic acid groups (broad SMARTS) is 1. The largest absolute Gasteiger partial charge is 0.465 e. The number of piperidine rings is 1. The first kappa shape index (κ1) is 28.8. The van der Waals surface area contributed by atoms with Gasteiger partial charge in [0.05, 0.1) is 12.2 Å². The molecule has 1 aliphatic carbocycles. The highest BCUT2D eigenvalue weighted by Crippen LogP contribution is 2.48. The Morgan fingerprint density at radius 2 is 1.70 bits per heavy atom. The van der Waals surface area contributed by atoms with Crippen molar-refractivity contribution in [3.63, 3.8) is 0 Å². The molecule has 8 atom stereocenters. The van der Waals surface area contributed by atoms with E-state index in [0.717, 1.165) is 10.9 Å². The van der Waals surface area contributed by atoms with Crippen LogP contribution < -0.4 is 21.7 Å². The predicted molar refractivity (Wildman–Crippen MR) is 141 cm³/mol. The Morgan fingerprint density at radius 1 is 1.02 bits per heavy atom. The van der Waals surface area contributed by atoms with Crippen molar-refractivity contribution in [3.8, 4) is 0 Å². The van der Waals surface area contributed by atoms with Crippen molar-refractivity contribution in [2.75, 3.05) is 0 Å². The van der Waals surface area contributed by atoms with Crippen LogP contribution in [0.5, 0.6) is 0 Å². The highest BCUT2D eigenvalue weighted by molar-refractivity contribution is 5.96. The highest BCUT2D eigenvalue weighted by atomic mass is 16.4. The Morgan fingerprint density at radius 3 is 2.33 bits per heavy atom. The molecule has 5 amide bonds. The van der Waals surface area contributed by atoms with Crippen LogP contribution in [0.15, 0.2) is 30.5 Å². The van der Waals surface area contributed by atoms with Crippen LogP contribution in [0.1, 0.15) is 32.3 Å². The van der Waals surface area contributed by atoms with Gasteiger partial charge >= 0.3 is 6.09 Å². The maximum Gasteiger partial charge on any atom is 0.405 e. The summed E-state index contributed by atoms with van der Waals surface area (Å²) in [5.74, 6) is -3.06. The fraction of sp³-hybridized carbons (Fsp3) is 0.500. The summed E-state index contributed by atoms with van der Waals surface area (Å²) >= 11 is 0. The lowest BCUT2D eigenvalue weighted by atomic mass is 10.0. The van der Waals surface area contributed by atoms with Crippen LogP contribution >= 0.6 is 0 Å². The van der Waals surface area contributed by atoms with Crippen molar-refractivity contribution in [2.45, 2.75) is 75.5 Å². The van der Waals surface area contributed by atoms with Crippen LogP contribution in [0.3, 0.4) is 0 Å². The van der Waals surface area contributed by atoms with Crippen LogP contribution in [0.25, 0.3) is 10.9 Å². The minimum absolute atomic E-state index is 0.0112. The molecule has 0 bridgehead atoms. The number of para-hydroxylation sites is 1. The van der Waals surface area contributed by atoms with Gasteiger partial charge in [-0.15, -0.1) is 0 Å². The first-order valence-electron chi connectivity index (χ1n) is 13.0. The summed E-state index contributed by atoms with van der Waals surface area (Å²) < 4.78 is 0. The summed E-state index contributed by atoms with van der Waals surface area (Å²) in [6, 6.07) is 1.97. The van der Waals surface area contributed by atoms with E-state index in [1.54, 1.807) is 6.20 Å². The van der Waals surface area contributed by atoms with Crippen LogP contribution in [0, 0.1) is 5.92 Å². The number of likely N-dealkylation sites (tertiary alicyclic amines) is 1. The lowest BCUT2D eigenvalue weighted by Crippen LogP contribution is -2.61. The van der Waals surface area contributed by atoms with Gasteiger partial charge in [0.15, 0.2) is 0 Å². The van der Waals surface area contributed by atoms with Crippen LogP contribution in [-0.4, -0.2) is 97.3 Å². The van der Waals surface area contributed by atoms with Gasteiger partial charge in [0, 0.05) is 29.6 Å². The molecule has 0 spiro atoms. The molecule has 2 aromatic rings. The molecule has 14 heteroatoms. The van der Waals surface area contributed by atoms with Crippen molar-refractivity contribution < 1.29 is 39.3 Å². The van der Waals surface area contributed by atoms with Gasteiger partial charge in [0.2, 0.25) is 23.6 Å². The number of primary amides is 1. The lowest BCUT2D eigenvalue weighted by Gasteiger charge is -2.32. The van der Waals surface area contributed by atoms with E-state index in [9.17, 15) is 34.2 Å². The van der Waals surface area contributed by atoms with Crippen molar-refractivity contribution >= 4 is 40.6 Å². The maximum absolute atomic E-state index is 13.6.